The zero-order chi connectivity index (χ0) is 16.3. The number of likely N-dealkylation sites (N-methyl/N-ethyl adjacent to an activating group) is 1. The van der Waals surface area contributed by atoms with Gasteiger partial charge in [0.25, 0.3) is 0 Å². The second-order valence-corrected chi connectivity index (χ2v) is 6.41. The Labute approximate surface area is 137 Å². The van der Waals surface area contributed by atoms with E-state index in [0.717, 1.165) is 31.0 Å². The molecular formula is C17H25N3O3. The molecule has 1 aromatic rings. The third-order valence-electron chi connectivity index (χ3n) is 4.48. The summed E-state index contributed by atoms with van der Waals surface area (Å²) in [6, 6.07) is 6.09. The number of hydrogen-bond donors (Lipinski definition) is 0. The highest BCUT2D eigenvalue weighted by Gasteiger charge is 2.42. The van der Waals surface area contributed by atoms with Crippen molar-refractivity contribution in [2.45, 2.75) is 26.0 Å². The van der Waals surface area contributed by atoms with Crippen molar-refractivity contribution in [2.24, 2.45) is 0 Å². The van der Waals surface area contributed by atoms with Crippen LogP contribution < -0.4 is 0 Å². The van der Waals surface area contributed by atoms with Crippen molar-refractivity contribution in [3.63, 3.8) is 0 Å². The van der Waals surface area contributed by atoms with Crippen molar-refractivity contribution in [3.05, 3.63) is 29.6 Å². The molecule has 6 nitrogen and oxygen atoms in total. The molecule has 1 atom stereocenters. The molecule has 23 heavy (non-hydrogen) atoms. The van der Waals surface area contributed by atoms with Crippen molar-refractivity contribution in [2.75, 3.05) is 46.0 Å². The maximum atomic E-state index is 11.9. The summed E-state index contributed by atoms with van der Waals surface area (Å²) in [6.45, 7) is 9.06. The average Bonchev–Trinajstić information content (AvgIpc) is 2.72. The van der Waals surface area contributed by atoms with Crippen LogP contribution in [0.15, 0.2) is 18.2 Å². The van der Waals surface area contributed by atoms with Crippen molar-refractivity contribution >= 4 is 5.91 Å². The largest absolute Gasteiger partial charge is 0.377 e. The van der Waals surface area contributed by atoms with Gasteiger partial charge < -0.3 is 14.4 Å². The van der Waals surface area contributed by atoms with Gasteiger partial charge in [0.2, 0.25) is 5.91 Å². The Morgan fingerprint density at radius 1 is 1.35 bits per heavy atom. The number of morpholine rings is 1. The minimum absolute atomic E-state index is 0.0641. The van der Waals surface area contributed by atoms with Gasteiger partial charge in [0.1, 0.15) is 12.2 Å². The molecule has 2 aliphatic rings. The molecule has 0 N–H and O–H groups in total. The Kier molecular flexibility index (Phi) is 4.94. The summed E-state index contributed by atoms with van der Waals surface area (Å²) >= 11 is 0. The first kappa shape index (κ1) is 16.4. The Bertz CT molecular complexity index is 566. The van der Waals surface area contributed by atoms with Gasteiger partial charge in [0, 0.05) is 31.9 Å². The molecule has 0 aliphatic carbocycles. The highest BCUT2D eigenvalue weighted by atomic mass is 16.6. The lowest BCUT2D eigenvalue weighted by atomic mass is 10.0. The van der Waals surface area contributed by atoms with Crippen LogP contribution in [0, 0.1) is 6.92 Å². The second kappa shape index (κ2) is 6.95. The monoisotopic (exact) mass is 319 g/mol. The maximum absolute atomic E-state index is 11.9. The summed E-state index contributed by atoms with van der Waals surface area (Å²) in [6.07, 6.45) is 0. The summed E-state index contributed by atoms with van der Waals surface area (Å²) in [5, 5.41) is 0. The first-order valence-electron chi connectivity index (χ1n) is 8.25. The van der Waals surface area contributed by atoms with Crippen LogP contribution in [0.5, 0.6) is 0 Å². The third kappa shape index (κ3) is 3.88. The molecule has 1 amide bonds. The van der Waals surface area contributed by atoms with Crippen molar-refractivity contribution in [1.82, 2.24) is 14.8 Å². The van der Waals surface area contributed by atoms with Crippen LogP contribution in [0.1, 0.15) is 18.3 Å². The molecule has 1 spiro atoms. The number of aromatic nitrogens is 1. The molecule has 2 fully saturated rings. The fourth-order valence-corrected chi connectivity index (χ4v) is 3.29. The standard InChI is InChI=1S/C17H25N3O3/c1-3-20-12-17(23-10-16(20)21)11-19(7-8-22-13-17)9-15-6-4-5-14(2)18-15/h4-6H,3,7-13H2,1-2H3. The minimum atomic E-state index is -0.426. The molecule has 0 bridgehead atoms. The molecule has 2 saturated heterocycles. The van der Waals surface area contributed by atoms with Crippen LogP contribution in [-0.4, -0.2) is 72.3 Å². The van der Waals surface area contributed by atoms with Crippen LogP contribution in [0.2, 0.25) is 0 Å². The first-order chi connectivity index (χ1) is 11.1. The predicted molar refractivity (Wildman–Crippen MR) is 86.0 cm³/mol. The molecule has 3 rings (SSSR count). The molecule has 2 aliphatic heterocycles. The van der Waals surface area contributed by atoms with E-state index in [1.165, 1.54) is 0 Å². The molecule has 0 saturated carbocycles. The van der Waals surface area contributed by atoms with Gasteiger partial charge in [0.15, 0.2) is 0 Å². The summed E-state index contributed by atoms with van der Waals surface area (Å²) in [4.78, 5) is 20.7. The predicted octanol–water partition coefficient (Wildman–Crippen LogP) is 0.840. The van der Waals surface area contributed by atoms with E-state index in [-0.39, 0.29) is 12.5 Å². The summed E-state index contributed by atoms with van der Waals surface area (Å²) in [5.41, 5.74) is 1.66. The molecule has 1 unspecified atom stereocenters. The van der Waals surface area contributed by atoms with Gasteiger partial charge >= 0.3 is 0 Å². The second-order valence-electron chi connectivity index (χ2n) is 6.41. The number of nitrogens with zero attached hydrogens (tertiary/aromatic N) is 3. The van der Waals surface area contributed by atoms with Crippen LogP contribution in [0.25, 0.3) is 0 Å². The molecule has 0 aromatic carbocycles. The normalized spacial score (nSPS) is 26.5. The lowest BCUT2D eigenvalue weighted by Crippen LogP contribution is -2.60. The number of rotatable bonds is 3. The van der Waals surface area contributed by atoms with Gasteiger partial charge in [-0.05, 0) is 26.0 Å². The molecule has 3 heterocycles. The minimum Gasteiger partial charge on any atom is -0.377 e. The maximum Gasteiger partial charge on any atom is 0.248 e. The third-order valence-corrected chi connectivity index (χ3v) is 4.48. The first-order valence-corrected chi connectivity index (χ1v) is 8.25. The highest BCUT2D eigenvalue weighted by molar-refractivity contribution is 5.78. The van der Waals surface area contributed by atoms with Crippen LogP contribution in [0.4, 0.5) is 0 Å². The zero-order valence-electron chi connectivity index (χ0n) is 14.0. The Morgan fingerprint density at radius 2 is 2.22 bits per heavy atom. The van der Waals surface area contributed by atoms with Crippen molar-refractivity contribution < 1.29 is 14.3 Å². The summed E-state index contributed by atoms with van der Waals surface area (Å²) in [5.74, 6) is 0.0641. The van der Waals surface area contributed by atoms with E-state index >= 15 is 0 Å². The molecule has 0 radical (unpaired) electrons. The van der Waals surface area contributed by atoms with Crippen molar-refractivity contribution in [3.8, 4) is 0 Å². The van der Waals surface area contributed by atoms with Crippen LogP contribution >= 0.6 is 0 Å². The smallest absolute Gasteiger partial charge is 0.248 e. The summed E-state index contributed by atoms with van der Waals surface area (Å²) in [7, 11) is 0. The van der Waals surface area contributed by atoms with Gasteiger partial charge in [0.05, 0.1) is 25.5 Å². The fraction of sp³-hybridized carbons (Fsp3) is 0.647. The van der Waals surface area contributed by atoms with E-state index in [9.17, 15) is 4.79 Å². The van der Waals surface area contributed by atoms with Gasteiger partial charge in [-0.15, -0.1) is 0 Å². The van der Waals surface area contributed by atoms with Crippen LogP contribution in [-0.2, 0) is 20.8 Å². The molecule has 1 aromatic heterocycles. The zero-order valence-corrected chi connectivity index (χ0v) is 14.0. The molecule has 126 valence electrons. The highest BCUT2D eigenvalue weighted by Crippen LogP contribution is 2.23. The van der Waals surface area contributed by atoms with E-state index in [4.69, 9.17) is 9.47 Å². The summed E-state index contributed by atoms with van der Waals surface area (Å²) < 4.78 is 11.7. The van der Waals surface area contributed by atoms with E-state index in [1.54, 1.807) is 0 Å². The number of ether oxygens (including phenoxy) is 2. The number of hydrogen-bond acceptors (Lipinski definition) is 5. The number of amides is 1. The lowest BCUT2D eigenvalue weighted by molar-refractivity contribution is -0.172. The van der Waals surface area contributed by atoms with E-state index in [0.29, 0.717) is 26.3 Å². The van der Waals surface area contributed by atoms with Gasteiger partial charge in [-0.25, -0.2) is 0 Å². The van der Waals surface area contributed by atoms with Crippen LogP contribution in [0.3, 0.4) is 0 Å². The van der Waals surface area contributed by atoms with E-state index < -0.39 is 5.60 Å². The van der Waals surface area contributed by atoms with E-state index in [2.05, 4.69) is 16.0 Å². The quantitative estimate of drug-likeness (QED) is 0.826. The van der Waals surface area contributed by atoms with Gasteiger partial charge in [-0.2, -0.15) is 0 Å². The van der Waals surface area contributed by atoms with Gasteiger partial charge in [-0.3, -0.25) is 14.7 Å². The van der Waals surface area contributed by atoms with Gasteiger partial charge in [-0.1, -0.05) is 6.07 Å². The Morgan fingerprint density at radius 3 is 3.00 bits per heavy atom. The Hall–Kier alpha value is -1.50. The number of aryl methyl sites for hydroxylation is 1. The molecular weight excluding hydrogens is 294 g/mol. The fourth-order valence-electron chi connectivity index (χ4n) is 3.29. The van der Waals surface area contributed by atoms with E-state index in [1.807, 2.05) is 30.9 Å². The molecule has 6 heteroatoms. The SMILES string of the molecule is CCN1CC2(COCCN(Cc3cccc(C)n3)C2)OCC1=O. The lowest BCUT2D eigenvalue weighted by Gasteiger charge is -2.42. The van der Waals surface area contributed by atoms with Crippen molar-refractivity contribution in [1.29, 1.82) is 0 Å². The number of carbonyl (C=O) groups is 1. The number of carbonyl (C=O) groups excluding carboxylic acids is 1. The topological polar surface area (TPSA) is 54.9 Å². The Balaban J connectivity index is 1.72. The average molecular weight is 319 g/mol. The number of pyridine rings is 1.